The zero-order valence-corrected chi connectivity index (χ0v) is 15.8. The SMILES string of the molecule is CC(C)(C)[Si](C)(C)OC1CCN(c2ccc(Br)cc2)C1. The van der Waals surface area contributed by atoms with Gasteiger partial charge < -0.3 is 9.33 Å². The Balaban J connectivity index is 1.98. The number of hydrogen-bond acceptors (Lipinski definition) is 2. The monoisotopic (exact) mass is 355 g/mol. The van der Waals surface area contributed by atoms with Gasteiger partial charge in [0.15, 0.2) is 8.32 Å². The normalized spacial score (nSPS) is 20.5. The molecule has 112 valence electrons. The quantitative estimate of drug-likeness (QED) is 0.703. The lowest BCUT2D eigenvalue weighted by atomic mass is 10.2. The van der Waals surface area contributed by atoms with Crippen LogP contribution < -0.4 is 4.90 Å². The molecule has 0 aliphatic carbocycles. The molecule has 1 aliphatic rings. The van der Waals surface area contributed by atoms with E-state index in [9.17, 15) is 0 Å². The molecule has 1 atom stereocenters. The molecule has 4 heteroatoms. The maximum absolute atomic E-state index is 6.53. The minimum Gasteiger partial charge on any atom is -0.412 e. The average molecular weight is 356 g/mol. The first-order valence-electron chi connectivity index (χ1n) is 7.37. The van der Waals surface area contributed by atoms with Crippen LogP contribution in [0, 0.1) is 0 Å². The van der Waals surface area contributed by atoms with Crippen molar-refractivity contribution >= 4 is 29.9 Å². The largest absolute Gasteiger partial charge is 0.412 e. The van der Waals surface area contributed by atoms with Gasteiger partial charge in [0.25, 0.3) is 0 Å². The van der Waals surface area contributed by atoms with Gasteiger partial charge in [-0.2, -0.15) is 0 Å². The molecule has 1 saturated heterocycles. The van der Waals surface area contributed by atoms with Gasteiger partial charge in [-0.15, -0.1) is 0 Å². The summed E-state index contributed by atoms with van der Waals surface area (Å²) in [7, 11) is -1.64. The fraction of sp³-hybridized carbons (Fsp3) is 0.625. The first-order valence-corrected chi connectivity index (χ1v) is 11.1. The van der Waals surface area contributed by atoms with Crippen molar-refractivity contribution in [2.45, 2.75) is 51.4 Å². The highest BCUT2D eigenvalue weighted by atomic mass is 79.9. The van der Waals surface area contributed by atoms with Crippen molar-refractivity contribution in [2.75, 3.05) is 18.0 Å². The molecule has 1 fully saturated rings. The summed E-state index contributed by atoms with van der Waals surface area (Å²) in [6.07, 6.45) is 1.53. The van der Waals surface area contributed by atoms with Crippen LogP contribution in [0.2, 0.25) is 18.1 Å². The highest BCUT2D eigenvalue weighted by Gasteiger charge is 2.40. The van der Waals surface area contributed by atoms with Crippen molar-refractivity contribution in [1.29, 1.82) is 0 Å². The van der Waals surface area contributed by atoms with E-state index in [-0.39, 0.29) is 5.04 Å². The Morgan fingerprint density at radius 2 is 1.80 bits per heavy atom. The number of benzene rings is 1. The lowest BCUT2D eigenvalue weighted by molar-refractivity contribution is 0.202. The third-order valence-corrected chi connectivity index (χ3v) is 9.67. The Hall–Kier alpha value is -0.323. The Kier molecular flexibility index (Phi) is 4.67. The molecule has 0 aromatic heterocycles. The van der Waals surface area contributed by atoms with E-state index >= 15 is 0 Å². The number of hydrogen-bond donors (Lipinski definition) is 0. The number of nitrogens with zero attached hydrogens (tertiary/aromatic N) is 1. The van der Waals surface area contributed by atoms with Crippen LogP contribution in [0.5, 0.6) is 0 Å². The Morgan fingerprint density at radius 3 is 2.35 bits per heavy atom. The van der Waals surface area contributed by atoms with Crippen LogP contribution in [0.4, 0.5) is 5.69 Å². The Labute approximate surface area is 132 Å². The van der Waals surface area contributed by atoms with Crippen molar-refractivity contribution in [3.8, 4) is 0 Å². The van der Waals surface area contributed by atoms with Crippen molar-refractivity contribution in [3.63, 3.8) is 0 Å². The predicted octanol–water partition coefficient (Wildman–Crippen LogP) is 5.05. The zero-order chi connectivity index (χ0) is 15.0. The highest BCUT2D eigenvalue weighted by Crippen LogP contribution is 2.38. The summed E-state index contributed by atoms with van der Waals surface area (Å²) in [5.74, 6) is 0. The van der Waals surface area contributed by atoms with E-state index in [0.29, 0.717) is 6.10 Å². The molecule has 1 unspecified atom stereocenters. The predicted molar refractivity (Wildman–Crippen MR) is 93.0 cm³/mol. The second-order valence-corrected chi connectivity index (χ2v) is 12.9. The van der Waals surface area contributed by atoms with Gasteiger partial charge >= 0.3 is 0 Å². The van der Waals surface area contributed by atoms with Crippen LogP contribution in [0.3, 0.4) is 0 Å². The fourth-order valence-corrected chi connectivity index (χ4v) is 3.95. The zero-order valence-electron chi connectivity index (χ0n) is 13.2. The summed E-state index contributed by atoms with van der Waals surface area (Å²) in [4.78, 5) is 2.43. The number of anilines is 1. The first kappa shape index (κ1) is 16.1. The van der Waals surface area contributed by atoms with E-state index in [2.05, 4.69) is 79.0 Å². The van der Waals surface area contributed by atoms with Crippen LogP contribution in [0.25, 0.3) is 0 Å². The van der Waals surface area contributed by atoms with Gasteiger partial charge in [0, 0.05) is 23.2 Å². The Bertz CT molecular complexity index is 453. The van der Waals surface area contributed by atoms with Crippen molar-refractivity contribution < 1.29 is 4.43 Å². The van der Waals surface area contributed by atoms with Gasteiger partial charge in [-0.3, -0.25) is 0 Å². The molecular weight excluding hydrogens is 330 g/mol. The van der Waals surface area contributed by atoms with E-state index in [1.807, 2.05) is 0 Å². The molecule has 0 saturated carbocycles. The maximum Gasteiger partial charge on any atom is 0.192 e. The molecule has 1 heterocycles. The molecule has 2 nitrogen and oxygen atoms in total. The Morgan fingerprint density at radius 1 is 1.20 bits per heavy atom. The minimum atomic E-state index is -1.64. The molecule has 0 N–H and O–H groups in total. The highest BCUT2D eigenvalue weighted by molar-refractivity contribution is 9.10. The first-order chi connectivity index (χ1) is 9.19. The smallest absolute Gasteiger partial charge is 0.192 e. The van der Waals surface area contributed by atoms with Gasteiger partial charge in [-0.05, 0) is 48.8 Å². The molecule has 1 aliphatic heterocycles. The van der Waals surface area contributed by atoms with Gasteiger partial charge in [0.2, 0.25) is 0 Å². The lowest BCUT2D eigenvalue weighted by Crippen LogP contribution is -2.44. The minimum absolute atomic E-state index is 0.290. The average Bonchev–Trinajstić information content (AvgIpc) is 2.76. The molecule has 20 heavy (non-hydrogen) atoms. The maximum atomic E-state index is 6.53. The summed E-state index contributed by atoms with van der Waals surface area (Å²) < 4.78 is 7.66. The van der Waals surface area contributed by atoms with Crippen LogP contribution in [-0.2, 0) is 4.43 Å². The molecule has 1 aromatic rings. The third kappa shape index (κ3) is 3.65. The van der Waals surface area contributed by atoms with Crippen LogP contribution in [-0.4, -0.2) is 27.5 Å². The van der Waals surface area contributed by atoms with Crippen molar-refractivity contribution in [2.24, 2.45) is 0 Å². The molecule has 0 spiro atoms. The van der Waals surface area contributed by atoms with Crippen LogP contribution >= 0.6 is 15.9 Å². The van der Waals surface area contributed by atoms with E-state index in [1.54, 1.807) is 0 Å². The van der Waals surface area contributed by atoms with E-state index in [1.165, 1.54) is 5.69 Å². The van der Waals surface area contributed by atoms with Gasteiger partial charge in [-0.25, -0.2) is 0 Å². The van der Waals surface area contributed by atoms with E-state index in [0.717, 1.165) is 24.0 Å². The summed E-state index contributed by atoms with van der Waals surface area (Å²) in [5, 5.41) is 0.290. The third-order valence-electron chi connectivity index (χ3n) is 4.60. The fourth-order valence-electron chi connectivity index (χ4n) is 2.30. The standard InChI is InChI=1S/C16H26BrNOSi/c1-16(2,3)20(4,5)19-15-10-11-18(12-15)14-8-6-13(17)7-9-14/h6-9,15H,10-12H2,1-5H3. The van der Waals surface area contributed by atoms with Gasteiger partial charge in [-0.1, -0.05) is 36.7 Å². The summed E-state index contributed by atoms with van der Waals surface area (Å²) in [6, 6.07) is 8.58. The second-order valence-electron chi connectivity index (χ2n) is 7.21. The number of rotatable bonds is 3. The van der Waals surface area contributed by atoms with Crippen molar-refractivity contribution in [3.05, 3.63) is 28.7 Å². The molecule has 0 amide bonds. The molecule has 0 bridgehead atoms. The van der Waals surface area contributed by atoms with Crippen LogP contribution in [0.15, 0.2) is 28.7 Å². The summed E-state index contributed by atoms with van der Waals surface area (Å²) in [5.41, 5.74) is 1.30. The lowest BCUT2D eigenvalue weighted by Gasteiger charge is -2.38. The van der Waals surface area contributed by atoms with Crippen molar-refractivity contribution in [1.82, 2.24) is 0 Å². The van der Waals surface area contributed by atoms with Gasteiger partial charge in [0.1, 0.15) is 0 Å². The molecule has 2 rings (SSSR count). The summed E-state index contributed by atoms with van der Waals surface area (Å²) in [6.45, 7) is 13.7. The number of halogens is 1. The van der Waals surface area contributed by atoms with Crippen LogP contribution in [0.1, 0.15) is 27.2 Å². The van der Waals surface area contributed by atoms with Gasteiger partial charge in [0.05, 0.1) is 6.10 Å². The molecule has 1 aromatic carbocycles. The van der Waals surface area contributed by atoms with E-state index < -0.39 is 8.32 Å². The van der Waals surface area contributed by atoms with E-state index in [4.69, 9.17) is 4.43 Å². The summed E-state index contributed by atoms with van der Waals surface area (Å²) >= 11 is 3.49. The topological polar surface area (TPSA) is 12.5 Å². The molecular formula is C16H26BrNOSi. The second kappa shape index (κ2) is 5.82. The molecule has 0 radical (unpaired) electrons.